The van der Waals surface area contributed by atoms with Gasteiger partial charge in [0.15, 0.2) is 5.69 Å². The summed E-state index contributed by atoms with van der Waals surface area (Å²) in [6.45, 7) is 1.80. The molecule has 0 spiro atoms. The standard InChI is InChI=1S/C6H8N2O3/c1-2-4-3-8(11)7-5(4)6(9)10/h3,11H,2H2,1H3,(H,9,10). The summed E-state index contributed by atoms with van der Waals surface area (Å²) in [4.78, 5) is 10.9. The molecule has 0 fully saturated rings. The zero-order valence-corrected chi connectivity index (χ0v) is 5.98. The molecule has 1 aromatic rings. The van der Waals surface area contributed by atoms with Crippen molar-refractivity contribution in [2.45, 2.75) is 13.3 Å². The van der Waals surface area contributed by atoms with Crippen LogP contribution in [-0.4, -0.2) is 26.2 Å². The fourth-order valence-electron chi connectivity index (χ4n) is 0.835. The highest BCUT2D eigenvalue weighted by molar-refractivity contribution is 5.86. The molecule has 0 unspecified atom stereocenters. The largest absolute Gasteiger partial charge is 0.476 e. The van der Waals surface area contributed by atoms with Gasteiger partial charge in [-0.2, -0.15) is 0 Å². The van der Waals surface area contributed by atoms with E-state index in [-0.39, 0.29) is 5.69 Å². The molecule has 0 saturated carbocycles. The summed E-state index contributed by atoms with van der Waals surface area (Å²) in [5, 5.41) is 20.6. The molecule has 0 bridgehead atoms. The van der Waals surface area contributed by atoms with Crippen LogP contribution >= 0.6 is 0 Å². The van der Waals surface area contributed by atoms with Crippen LogP contribution in [0, 0.1) is 0 Å². The number of carboxylic acid groups (broad SMARTS) is 1. The van der Waals surface area contributed by atoms with Gasteiger partial charge in [0.05, 0.1) is 6.20 Å². The van der Waals surface area contributed by atoms with Crippen molar-refractivity contribution in [2.75, 3.05) is 0 Å². The smallest absolute Gasteiger partial charge is 0.356 e. The maximum atomic E-state index is 10.4. The Labute approximate surface area is 62.8 Å². The Morgan fingerprint density at radius 1 is 1.82 bits per heavy atom. The van der Waals surface area contributed by atoms with Gasteiger partial charge in [0, 0.05) is 5.56 Å². The Kier molecular flexibility index (Phi) is 1.80. The Morgan fingerprint density at radius 3 is 2.82 bits per heavy atom. The van der Waals surface area contributed by atoms with Gasteiger partial charge in [0.1, 0.15) is 0 Å². The summed E-state index contributed by atoms with van der Waals surface area (Å²) in [6.07, 6.45) is 1.83. The summed E-state index contributed by atoms with van der Waals surface area (Å²) in [6, 6.07) is 0. The number of carboxylic acids is 1. The van der Waals surface area contributed by atoms with Gasteiger partial charge in [-0.15, -0.1) is 9.94 Å². The minimum atomic E-state index is -1.12. The van der Waals surface area contributed by atoms with Gasteiger partial charge in [-0.1, -0.05) is 6.92 Å². The maximum absolute atomic E-state index is 10.4. The average Bonchev–Trinajstić information content (AvgIpc) is 2.30. The van der Waals surface area contributed by atoms with Crippen molar-refractivity contribution in [2.24, 2.45) is 0 Å². The molecule has 0 amide bonds. The van der Waals surface area contributed by atoms with E-state index in [0.29, 0.717) is 16.8 Å². The molecule has 0 aliphatic rings. The minimum absolute atomic E-state index is 0.0880. The van der Waals surface area contributed by atoms with Crippen molar-refractivity contribution in [1.29, 1.82) is 0 Å². The summed E-state index contributed by atoms with van der Waals surface area (Å²) in [7, 11) is 0. The molecular formula is C6H8N2O3. The number of hydrogen-bond donors (Lipinski definition) is 2. The van der Waals surface area contributed by atoms with E-state index in [4.69, 9.17) is 10.3 Å². The molecule has 1 heterocycles. The molecule has 1 rings (SSSR count). The topological polar surface area (TPSA) is 75.3 Å². The van der Waals surface area contributed by atoms with Crippen LogP contribution in [0.5, 0.6) is 0 Å². The third-order valence-corrected chi connectivity index (χ3v) is 1.36. The van der Waals surface area contributed by atoms with Crippen molar-refractivity contribution in [1.82, 2.24) is 9.94 Å². The number of rotatable bonds is 2. The quantitative estimate of drug-likeness (QED) is 0.607. The van der Waals surface area contributed by atoms with Crippen LogP contribution in [0.4, 0.5) is 0 Å². The van der Waals surface area contributed by atoms with E-state index in [1.807, 2.05) is 0 Å². The van der Waals surface area contributed by atoms with Crippen LogP contribution < -0.4 is 0 Å². The van der Waals surface area contributed by atoms with E-state index in [2.05, 4.69) is 5.10 Å². The van der Waals surface area contributed by atoms with Gasteiger partial charge >= 0.3 is 5.97 Å². The molecule has 11 heavy (non-hydrogen) atoms. The highest BCUT2D eigenvalue weighted by Crippen LogP contribution is 2.05. The number of nitrogens with zero attached hydrogens (tertiary/aromatic N) is 2. The fourth-order valence-corrected chi connectivity index (χ4v) is 0.835. The van der Waals surface area contributed by atoms with Crippen LogP contribution in [0.25, 0.3) is 0 Å². The lowest BCUT2D eigenvalue weighted by atomic mass is 10.2. The van der Waals surface area contributed by atoms with E-state index in [1.165, 1.54) is 6.20 Å². The molecule has 0 aliphatic carbocycles. The number of aromatic carboxylic acids is 1. The van der Waals surface area contributed by atoms with Crippen molar-refractivity contribution >= 4 is 5.97 Å². The monoisotopic (exact) mass is 156 g/mol. The molecule has 0 saturated heterocycles. The zero-order valence-electron chi connectivity index (χ0n) is 5.98. The SMILES string of the molecule is CCc1cn(O)nc1C(=O)O. The number of hydrogen-bond acceptors (Lipinski definition) is 3. The second-order valence-electron chi connectivity index (χ2n) is 2.08. The molecule has 2 N–H and O–H groups in total. The van der Waals surface area contributed by atoms with Crippen molar-refractivity contribution < 1.29 is 15.1 Å². The van der Waals surface area contributed by atoms with Gasteiger partial charge in [-0.05, 0) is 6.42 Å². The summed E-state index contributed by atoms with van der Waals surface area (Å²) in [5.74, 6) is -1.12. The summed E-state index contributed by atoms with van der Waals surface area (Å²) in [5.41, 5.74) is 0.440. The van der Waals surface area contributed by atoms with Gasteiger partial charge in [0.25, 0.3) is 0 Å². The Bertz CT molecular complexity index is 279. The third-order valence-electron chi connectivity index (χ3n) is 1.36. The second kappa shape index (κ2) is 2.61. The van der Waals surface area contributed by atoms with Crippen LogP contribution in [0.3, 0.4) is 0 Å². The van der Waals surface area contributed by atoms with E-state index in [9.17, 15) is 4.79 Å². The highest BCUT2D eigenvalue weighted by Gasteiger charge is 2.13. The molecule has 5 heteroatoms. The minimum Gasteiger partial charge on any atom is -0.476 e. The Balaban J connectivity index is 3.12. The van der Waals surface area contributed by atoms with E-state index < -0.39 is 5.97 Å². The van der Waals surface area contributed by atoms with E-state index in [1.54, 1.807) is 6.92 Å². The maximum Gasteiger partial charge on any atom is 0.356 e. The second-order valence-corrected chi connectivity index (χ2v) is 2.08. The van der Waals surface area contributed by atoms with Crippen LogP contribution in [0.15, 0.2) is 6.20 Å². The molecule has 5 nitrogen and oxygen atoms in total. The summed E-state index contributed by atoms with van der Waals surface area (Å²) < 4.78 is 0. The molecule has 0 aliphatic heterocycles. The first-order chi connectivity index (χ1) is 5.15. The zero-order chi connectivity index (χ0) is 8.43. The number of carbonyl (C=O) groups is 1. The molecule has 60 valence electrons. The molecule has 1 aromatic heterocycles. The highest BCUT2D eigenvalue weighted by atomic mass is 16.5. The number of aryl methyl sites for hydroxylation is 1. The Hall–Kier alpha value is -1.52. The lowest BCUT2D eigenvalue weighted by molar-refractivity contribution is 0.0678. The average molecular weight is 156 g/mol. The lowest BCUT2D eigenvalue weighted by Gasteiger charge is -1.88. The number of aromatic nitrogens is 2. The molecule has 0 atom stereocenters. The first-order valence-corrected chi connectivity index (χ1v) is 3.16. The van der Waals surface area contributed by atoms with Gasteiger partial charge in [0.2, 0.25) is 0 Å². The Morgan fingerprint density at radius 2 is 2.45 bits per heavy atom. The predicted molar refractivity (Wildman–Crippen MR) is 35.7 cm³/mol. The van der Waals surface area contributed by atoms with Gasteiger partial charge in [-0.3, -0.25) is 0 Å². The first-order valence-electron chi connectivity index (χ1n) is 3.16. The van der Waals surface area contributed by atoms with E-state index >= 15 is 0 Å². The van der Waals surface area contributed by atoms with Gasteiger partial charge < -0.3 is 10.3 Å². The van der Waals surface area contributed by atoms with Crippen molar-refractivity contribution in [3.8, 4) is 0 Å². The molecule has 0 radical (unpaired) electrons. The van der Waals surface area contributed by atoms with Crippen molar-refractivity contribution in [3.05, 3.63) is 17.5 Å². The first kappa shape index (κ1) is 7.59. The third kappa shape index (κ3) is 1.31. The lowest BCUT2D eigenvalue weighted by Crippen LogP contribution is -2.01. The van der Waals surface area contributed by atoms with E-state index in [0.717, 1.165) is 0 Å². The summed E-state index contributed by atoms with van der Waals surface area (Å²) >= 11 is 0. The van der Waals surface area contributed by atoms with Gasteiger partial charge in [-0.25, -0.2) is 4.79 Å². The molecule has 0 aromatic carbocycles. The van der Waals surface area contributed by atoms with Crippen LogP contribution in [0.2, 0.25) is 0 Å². The van der Waals surface area contributed by atoms with Crippen LogP contribution in [0.1, 0.15) is 23.0 Å². The fraction of sp³-hybridized carbons (Fsp3) is 0.333. The predicted octanol–water partition coefficient (Wildman–Crippen LogP) is 0.381. The normalized spacial score (nSPS) is 9.91. The van der Waals surface area contributed by atoms with Crippen molar-refractivity contribution in [3.63, 3.8) is 0 Å². The molecular weight excluding hydrogens is 148 g/mol. The van der Waals surface area contributed by atoms with Crippen LogP contribution in [-0.2, 0) is 6.42 Å².